The quantitative estimate of drug-likeness (QED) is 0.129. The molecule has 52 heavy (non-hydrogen) atoms. The van der Waals surface area contributed by atoms with Gasteiger partial charge in [-0.3, -0.25) is 0 Å². The minimum atomic E-state index is -3.64. The molecule has 2 aliphatic rings. The van der Waals surface area contributed by atoms with Gasteiger partial charge in [0.2, 0.25) is 10.0 Å². The van der Waals surface area contributed by atoms with Gasteiger partial charge in [0.25, 0.3) is 0 Å². The van der Waals surface area contributed by atoms with Gasteiger partial charge in [-0.05, 0) is 82.6 Å². The van der Waals surface area contributed by atoms with E-state index in [4.69, 9.17) is 21.1 Å². The first-order chi connectivity index (χ1) is 25.2. The molecule has 10 heteroatoms. The van der Waals surface area contributed by atoms with Crippen LogP contribution >= 0.6 is 11.6 Å². The Morgan fingerprint density at radius 3 is 2.17 bits per heavy atom. The van der Waals surface area contributed by atoms with Crippen LogP contribution in [0.4, 0.5) is 0 Å². The third-order valence-electron chi connectivity index (χ3n) is 10.1. The zero-order chi connectivity index (χ0) is 36.1. The van der Waals surface area contributed by atoms with Crippen molar-refractivity contribution in [1.82, 2.24) is 9.62 Å². The van der Waals surface area contributed by atoms with Crippen LogP contribution in [0.3, 0.4) is 0 Å². The Bertz CT molecular complexity index is 2050. The molecule has 0 aliphatic carbocycles. The summed E-state index contributed by atoms with van der Waals surface area (Å²) in [6.45, 7) is 2.29. The van der Waals surface area contributed by atoms with Crippen molar-refractivity contribution in [2.24, 2.45) is 0 Å². The second-order valence-electron chi connectivity index (χ2n) is 13.7. The average Bonchev–Trinajstić information content (AvgIpc) is 3.19. The minimum absolute atomic E-state index is 0.0234. The lowest BCUT2D eigenvalue weighted by atomic mass is 9.84. The third kappa shape index (κ3) is 8.65. The predicted octanol–water partition coefficient (Wildman–Crippen LogP) is 7.51. The number of aliphatic hydroxyl groups is 2. The third-order valence-corrected chi connectivity index (χ3v) is 11.7. The highest BCUT2D eigenvalue weighted by Crippen LogP contribution is 2.40. The molecule has 8 nitrogen and oxygen atoms in total. The Morgan fingerprint density at radius 2 is 1.46 bits per heavy atom. The predicted molar refractivity (Wildman–Crippen MR) is 202 cm³/mol. The molecule has 0 unspecified atom stereocenters. The van der Waals surface area contributed by atoms with Crippen LogP contribution < -0.4 is 4.72 Å². The van der Waals surface area contributed by atoms with Crippen molar-refractivity contribution < 1.29 is 28.1 Å². The average molecular weight is 739 g/mol. The number of likely N-dealkylation sites (tertiary alicyclic amines) is 1. The smallest absolute Gasteiger partial charge is 0.240 e. The molecule has 0 amide bonds. The number of aliphatic hydroxyl groups excluding tert-OH is 1. The lowest BCUT2D eigenvalue weighted by Gasteiger charge is -2.42. The molecule has 2 heterocycles. The van der Waals surface area contributed by atoms with Gasteiger partial charge in [0.05, 0.1) is 29.3 Å². The Morgan fingerprint density at radius 1 is 0.769 bits per heavy atom. The first kappa shape index (κ1) is 36.5. The highest BCUT2D eigenvalue weighted by atomic mass is 35.5. The molecule has 0 spiro atoms. The van der Waals surface area contributed by atoms with Gasteiger partial charge in [-0.25, -0.2) is 13.1 Å². The molecular weight excluding hydrogens is 696 g/mol. The highest BCUT2D eigenvalue weighted by Gasteiger charge is 2.37. The summed E-state index contributed by atoms with van der Waals surface area (Å²) in [5.41, 5.74) is 5.49. The van der Waals surface area contributed by atoms with Crippen molar-refractivity contribution in [2.45, 2.75) is 61.4 Å². The first-order valence-electron chi connectivity index (χ1n) is 17.6. The van der Waals surface area contributed by atoms with Gasteiger partial charge >= 0.3 is 0 Å². The maximum absolute atomic E-state index is 12.8. The Hall–Kier alpha value is -3.90. The fraction of sp³-hybridized carbons (Fsp3) is 0.286. The molecule has 2 saturated heterocycles. The lowest BCUT2D eigenvalue weighted by Crippen LogP contribution is -2.46. The van der Waals surface area contributed by atoms with E-state index in [1.54, 1.807) is 30.3 Å². The maximum atomic E-state index is 12.8. The summed E-state index contributed by atoms with van der Waals surface area (Å²) < 4.78 is 41.7. The number of sulfonamides is 1. The fourth-order valence-electron chi connectivity index (χ4n) is 7.06. The van der Waals surface area contributed by atoms with Crippen LogP contribution in [0.2, 0.25) is 5.02 Å². The van der Waals surface area contributed by atoms with E-state index in [-0.39, 0.29) is 30.3 Å². The number of nitrogens with zero attached hydrogens (tertiary/aromatic N) is 1. The van der Waals surface area contributed by atoms with E-state index < -0.39 is 21.9 Å². The summed E-state index contributed by atoms with van der Waals surface area (Å²) in [4.78, 5) is 2.59. The van der Waals surface area contributed by atoms with Crippen LogP contribution in [0.15, 0.2) is 132 Å². The number of nitrogens with one attached hydrogen (secondary N) is 1. The molecule has 7 rings (SSSR count). The van der Waals surface area contributed by atoms with Gasteiger partial charge in [0.15, 0.2) is 6.29 Å². The van der Waals surface area contributed by atoms with E-state index in [0.29, 0.717) is 30.8 Å². The number of hydrogen-bond donors (Lipinski definition) is 3. The van der Waals surface area contributed by atoms with Gasteiger partial charge in [0.1, 0.15) is 0 Å². The number of halogens is 1. The first-order valence-corrected chi connectivity index (χ1v) is 19.5. The molecule has 5 aromatic carbocycles. The number of hydrogen-bond acceptors (Lipinski definition) is 7. The number of rotatable bonds is 11. The molecule has 3 atom stereocenters. The normalized spacial score (nSPS) is 20.8. The van der Waals surface area contributed by atoms with E-state index in [2.05, 4.69) is 15.7 Å². The standard InChI is InChI=1S/C42H43ClN2O6S/c43-37-18-16-36(17-19-37)42(47)20-22-45(23-21-42)28-38-26-40(32-14-12-30(29-46)13-15-32)51-41(50-38)35-9-5-8-34(25-35)33-7-4-6-31(24-33)27-44-52(48,49)39-10-2-1-3-11-39/h1-19,24-25,38,40-41,44,46-47H,20-23,26-29H2/t38-,40+,41+/m0/s1. The summed E-state index contributed by atoms with van der Waals surface area (Å²) in [5.74, 6) is 0. The highest BCUT2D eigenvalue weighted by molar-refractivity contribution is 7.89. The van der Waals surface area contributed by atoms with Gasteiger partial charge in [-0.2, -0.15) is 0 Å². The molecule has 0 saturated carbocycles. The summed E-state index contributed by atoms with van der Waals surface area (Å²) >= 11 is 6.10. The van der Waals surface area contributed by atoms with Crippen LogP contribution in [0.25, 0.3) is 11.1 Å². The number of benzene rings is 5. The van der Waals surface area contributed by atoms with Gasteiger partial charge in [-0.1, -0.05) is 103 Å². The van der Waals surface area contributed by atoms with E-state index in [1.165, 1.54) is 0 Å². The zero-order valence-electron chi connectivity index (χ0n) is 28.8. The Balaban J connectivity index is 1.07. The van der Waals surface area contributed by atoms with Crippen molar-refractivity contribution >= 4 is 21.6 Å². The van der Waals surface area contributed by atoms with Crippen LogP contribution in [0, 0.1) is 0 Å². The molecule has 5 aromatic rings. The van der Waals surface area contributed by atoms with Crippen molar-refractivity contribution in [3.63, 3.8) is 0 Å². The molecule has 0 bridgehead atoms. The SMILES string of the molecule is O=S(=O)(NCc1cccc(-c2cccc([C@@H]3O[C@H](CN4CCC(O)(c5ccc(Cl)cc5)CC4)C[C@H](c4ccc(CO)cc4)O3)c2)c1)c1ccccc1. The van der Waals surface area contributed by atoms with Gasteiger partial charge in [-0.15, -0.1) is 0 Å². The second-order valence-corrected chi connectivity index (χ2v) is 15.9. The summed E-state index contributed by atoms with van der Waals surface area (Å²) in [6.07, 6.45) is 0.903. The maximum Gasteiger partial charge on any atom is 0.240 e. The van der Waals surface area contributed by atoms with E-state index in [0.717, 1.165) is 52.0 Å². The Labute approximate surface area is 310 Å². The van der Waals surface area contributed by atoms with Crippen LogP contribution in [-0.2, 0) is 38.2 Å². The van der Waals surface area contributed by atoms with Crippen molar-refractivity contribution in [1.29, 1.82) is 0 Å². The van der Waals surface area contributed by atoms with Crippen LogP contribution in [-0.4, -0.2) is 49.3 Å². The molecule has 270 valence electrons. The van der Waals surface area contributed by atoms with E-state index in [9.17, 15) is 18.6 Å². The van der Waals surface area contributed by atoms with E-state index >= 15 is 0 Å². The second kappa shape index (κ2) is 16.0. The van der Waals surface area contributed by atoms with E-state index in [1.807, 2.05) is 91.0 Å². The number of ether oxygens (including phenoxy) is 2. The monoisotopic (exact) mass is 738 g/mol. The molecule has 0 aromatic heterocycles. The topological polar surface area (TPSA) is 108 Å². The lowest BCUT2D eigenvalue weighted by molar-refractivity contribution is -0.253. The fourth-order valence-corrected chi connectivity index (χ4v) is 8.23. The minimum Gasteiger partial charge on any atom is -0.392 e. The van der Waals surface area contributed by atoms with Crippen molar-refractivity contribution in [3.8, 4) is 11.1 Å². The van der Waals surface area contributed by atoms with Crippen molar-refractivity contribution in [3.05, 3.63) is 160 Å². The van der Waals surface area contributed by atoms with Crippen LogP contribution in [0.1, 0.15) is 59.5 Å². The van der Waals surface area contributed by atoms with Gasteiger partial charge in [0, 0.05) is 43.2 Å². The van der Waals surface area contributed by atoms with Gasteiger partial charge < -0.3 is 24.6 Å². The van der Waals surface area contributed by atoms with Crippen LogP contribution in [0.5, 0.6) is 0 Å². The molecule has 2 aliphatic heterocycles. The molecule has 0 radical (unpaired) electrons. The molecular formula is C42H43ClN2O6S. The largest absolute Gasteiger partial charge is 0.392 e. The number of piperidine rings is 1. The van der Waals surface area contributed by atoms with Crippen molar-refractivity contribution in [2.75, 3.05) is 19.6 Å². The molecule has 3 N–H and O–H groups in total. The summed E-state index contributed by atoms with van der Waals surface area (Å²) in [6, 6.07) is 39.6. The molecule has 2 fully saturated rings. The summed E-state index contributed by atoms with van der Waals surface area (Å²) in [7, 11) is -3.64. The Kier molecular flexibility index (Phi) is 11.2. The summed E-state index contributed by atoms with van der Waals surface area (Å²) in [5, 5.41) is 21.7. The zero-order valence-corrected chi connectivity index (χ0v) is 30.3.